The molecule has 0 saturated carbocycles. The predicted molar refractivity (Wildman–Crippen MR) is 90.3 cm³/mol. The number of hydrogen-bond donors (Lipinski definition) is 0. The van der Waals surface area contributed by atoms with Crippen LogP contribution in [0.3, 0.4) is 0 Å². The average molecular weight is 342 g/mol. The molecule has 2 heterocycles. The summed E-state index contributed by atoms with van der Waals surface area (Å²) in [6.07, 6.45) is 1.11. The van der Waals surface area contributed by atoms with Crippen LogP contribution in [0.1, 0.15) is 24.5 Å². The van der Waals surface area contributed by atoms with Crippen molar-refractivity contribution in [2.75, 3.05) is 32.9 Å². The number of amides is 3. The van der Waals surface area contributed by atoms with E-state index in [2.05, 4.69) is 17.9 Å². The molecule has 0 aromatic heterocycles. The molecule has 1 aromatic carbocycles. The minimum atomic E-state index is -0.294. The number of carbonyl (C=O) groups excluding carboxylic acids is 2. The summed E-state index contributed by atoms with van der Waals surface area (Å²) in [6, 6.07) is 8.84. The highest BCUT2D eigenvalue weighted by atomic mass is 16.5. The lowest BCUT2D eigenvalue weighted by Gasteiger charge is -2.34. The van der Waals surface area contributed by atoms with E-state index in [4.69, 9.17) is 4.74 Å². The Hall–Kier alpha value is -2.43. The topological polar surface area (TPSA) is 76.9 Å². The van der Waals surface area contributed by atoms with E-state index in [0.29, 0.717) is 24.4 Å². The van der Waals surface area contributed by atoms with Crippen LogP contribution < -0.4 is 0 Å². The quantitative estimate of drug-likeness (QED) is 0.756. The SMILES string of the molecule is CC[C@@H]1CN(CN2CC(=O)N(Cc3ccccc3C#N)C2=O)CCO1. The molecule has 132 valence electrons. The zero-order valence-electron chi connectivity index (χ0n) is 14.4. The molecule has 2 saturated heterocycles. The first-order valence-corrected chi connectivity index (χ1v) is 8.53. The molecule has 3 amide bonds. The first-order valence-electron chi connectivity index (χ1n) is 8.53. The maximum Gasteiger partial charge on any atom is 0.328 e. The van der Waals surface area contributed by atoms with E-state index in [1.54, 1.807) is 29.2 Å². The van der Waals surface area contributed by atoms with Crippen molar-refractivity contribution in [1.82, 2.24) is 14.7 Å². The Balaban J connectivity index is 1.65. The number of ether oxygens (including phenoxy) is 1. The third-order valence-corrected chi connectivity index (χ3v) is 4.64. The van der Waals surface area contributed by atoms with Crippen LogP contribution >= 0.6 is 0 Å². The normalized spacial score (nSPS) is 21.7. The molecule has 2 aliphatic heterocycles. The van der Waals surface area contributed by atoms with E-state index in [-0.39, 0.29) is 31.1 Å². The van der Waals surface area contributed by atoms with Gasteiger partial charge >= 0.3 is 6.03 Å². The molecule has 7 heteroatoms. The Morgan fingerprint density at radius 1 is 1.32 bits per heavy atom. The molecule has 0 aliphatic carbocycles. The first-order chi connectivity index (χ1) is 12.1. The molecule has 1 aromatic rings. The van der Waals surface area contributed by atoms with Crippen LogP contribution in [0.4, 0.5) is 4.79 Å². The standard InChI is InChI=1S/C18H22N4O3/c1-2-16-11-20(7-8-25-16)13-21-12-17(23)22(18(21)24)10-15-6-4-3-5-14(15)9-19/h3-6,16H,2,7-8,10-13H2,1H3/t16-/m1/s1. The highest BCUT2D eigenvalue weighted by molar-refractivity contribution is 6.01. The van der Waals surface area contributed by atoms with Gasteiger partial charge in [0.1, 0.15) is 6.54 Å². The van der Waals surface area contributed by atoms with Gasteiger partial charge in [0.2, 0.25) is 0 Å². The molecule has 0 unspecified atom stereocenters. The van der Waals surface area contributed by atoms with Crippen LogP contribution in [0.25, 0.3) is 0 Å². The number of nitrogens with zero attached hydrogens (tertiary/aromatic N) is 4. The van der Waals surface area contributed by atoms with Crippen LogP contribution in [0.15, 0.2) is 24.3 Å². The van der Waals surface area contributed by atoms with Crippen molar-refractivity contribution in [2.45, 2.75) is 26.0 Å². The highest BCUT2D eigenvalue weighted by Crippen LogP contribution is 2.18. The molecule has 2 fully saturated rings. The smallest absolute Gasteiger partial charge is 0.328 e. The molecule has 25 heavy (non-hydrogen) atoms. The number of hydrogen-bond acceptors (Lipinski definition) is 5. The van der Waals surface area contributed by atoms with Crippen molar-refractivity contribution >= 4 is 11.9 Å². The van der Waals surface area contributed by atoms with Gasteiger partial charge in [-0.05, 0) is 18.1 Å². The van der Waals surface area contributed by atoms with Crippen LogP contribution in [0, 0.1) is 11.3 Å². The molecule has 7 nitrogen and oxygen atoms in total. The Morgan fingerprint density at radius 2 is 2.12 bits per heavy atom. The van der Waals surface area contributed by atoms with Crippen LogP contribution in [0.2, 0.25) is 0 Å². The average Bonchev–Trinajstić information content (AvgIpc) is 2.89. The summed E-state index contributed by atoms with van der Waals surface area (Å²) in [5, 5.41) is 9.17. The third kappa shape index (κ3) is 3.81. The van der Waals surface area contributed by atoms with E-state index in [0.717, 1.165) is 19.5 Å². The van der Waals surface area contributed by atoms with E-state index in [1.165, 1.54) is 4.90 Å². The summed E-state index contributed by atoms with van der Waals surface area (Å²) in [6.45, 7) is 4.90. The number of urea groups is 1. The zero-order chi connectivity index (χ0) is 17.8. The molecule has 1 atom stereocenters. The van der Waals surface area contributed by atoms with Gasteiger partial charge in [-0.3, -0.25) is 14.6 Å². The lowest BCUT2D eigenvalue weighted by Crippen LogP contribution is -2.48. The van der Waals surface area contributed by atoms with Crippen molar-refractivity contribution in [3.63, 3.8) is 0 Å². The van der Waals surface area contributed by atoms with Gasteiger partial charge in [-0.25, -0.2) is 4.79 Å². The van der Waals surface area contributed by atoms with Gasteiger partial charge < -0.3 is 9.64 Å². The van der Waals surface area contributed by atoms with Gasteiger partial charge in [0.05, 0.1) is 37.6 Å². The monoisotopic (exact) mass is 342 g/mol. The number of morpholine rings is 1. The van der Waals surface area contributed by atoms with E-state index >= 15 is 0 Å². The maximum atomic E-state index is 12.6. The predicted octanol–water partition coefficient (Wildman–Crippen LogP) is 1.39. The summed E-state index contributed by atoms with van der Waals surface area (Å²) in [5.41, 5.74) is 1.17. The minimum Gasteiger partial charge on any atom is -0.376 e. The van der Waals surface area contributed by atoms with Gasteiger partial charge in [-0.2, -0.15) is 5.26 Å². The third-order valence-electron chi connectivity index (χ3n) is 4.64. The Labute approximate surface area is 147 Å². The van der Waals surface area contributed by atoms with Crippen molar-refractivity contribution < 1.29 is 14.3 Å². The molecular weight excluding hydrogens is 320 g/mol. The van der Waals surface area contributed by atoms with Crippen molar-refractivity contribution in [1.29, 1.82) is 5.26 Å². The van der Waals surface area contributed by atoms with E-state index in [1.807, 2.05) is 0 Å². The van der Waals surface area contributed by atoms with Gasteiger partial charge in [-0.15, -0.1) is 0 Å². The Bertz CT molecular complexity index is 700. The van der Waals surface area contributed by atoms with Crippen molar-refractivity contribution in [2.24, 2.45) is 0 Å². The summed E-state index contributed by atoms with van der Waals surface area (Å²) >= 11 is 0. The molecule has 0 spiro atoms. The lowest BCUT2D eigenvalue weighted by atomic mass is 10.1. The number of carbonyl (C=O) groups is 2. The summed E-state index contributed by atoms with van der Waals surface area (Å²) in [7, 11) is 0. The van der Waals surface area contributed by atoms with Crippen molar-refractivity contribution in [3.05, 3.63) is 35.4 Å². The molecular formula is C18H22N4O3. The van der Waals surface area contributed by atoms with Gasteiger partial charge in [0.15, 0.2) is 0 Å². The van der Waals surface area contributed by atoms with E-state index in [9.17, 15) is 14.9 Å². The highest BCUT2D eigenvalue weighted by Gasteiger charge is 2.37. The fraction of sp³-hybridized carbons (Fsp3) is 0.500. The second-order valence-corrected chi connectivity index (χ2v) is 6.35. The second-order valence-electron chi connectivity index (χ2n) is 6.35. The number of imide groups is 1. The van der Waals surface area contributed by atoms with Crippen LogP contribution in [0.5, 0.6) is 0 Å². The van der Waals surface area contributed by atoms with Crippen LogP contribution in [-0.2, 0) is 16.1 Å². The Kier molecular flexibility index (Phi) is 5.31. The fourth-order valence-electron chi connectivity index (χ4n) is 3.19. The van der Waals surface area contributed by atoms with Gasteiger partial charge in [0, 0.05) is 13.1 Å². The van der Waals surface area contributed by atoms with E-state index < -0.39 is 0 Å². The summed E-state index contributed by atoms with van der Waals surface area (Å²) in [4.78, 5) is 29.9. The minimum absolute atomic E-state index is 0.0850. The molecule has 3 rings (SSSR count). The largest absolute Gasteiger partial charge is 0.376 e. The van der Waals surface area contributed by atoms with Gasteiger partial charge in [-0.1, -0.05) is 25.1 Å². The summed E-state index contributed by atoms with van der Waals surface area (Å²) < 4.78 is 5.64. The molecule has 0 bridgehead atoms. The number of nitriles is 1. The lowest BCUT2D eigenvalue weighted by molar-refractivity contribution is -0.125. The zero-order valence-corrected chi connectivity index (χ0v) is 14.4. The molecule has 0 N–H and O–H groups in total. The second kappa shape index (κ2) is 7.64. The van der Waals surface area contributed by atoms with Crippen LogP contribution in [-0.4, -0.2) is 65.7 Å². The maximum absolute atomic E-state index is 12.6. The molecule has 2 aliphatic rings. The first kappa shape index (κ1) is 17.4. The fourth-order valence-corrected chi connectivity index (χ4v) is 3.19. The van der Waals surface area contributed by atoms with Crippen molar-refractivity contribution in [3.8, 4) is 6.07 Å². The number of rotatable bonds is 5. The Morgan fingerprint density at radius 3 is 2.88 bits per heavy atom. The number of benzene rings is 1. The summed E-state index contributed by atoms with van der Waals surface area (Å²) in [5.74, 6) is -0.224. The molecule has 0 radical (unpaired) electrons. The van der Waals surface area contributed by atoms with Gasteiger partial charge in [0.25, 0.3) is 5.91 Å².